The third-order valence-electron chi connectivity index (χ3n) is 4.68. The largest absolute Gasteiger partial charge is 0.759 e. The van der Waals surface area contributed by atoms with Crippen molar-refractivity contribution >= 4 is 10.4 Å². The molecule has 0 radical (unpaired) electrons. The Hall–Kier alpha value is -0.210. The maximum absolute atomic E-state index is 8.52. The first-order valence-corrected chi connectivity index (χ1v) is 12.4. The van der Waals surface area contributed by atoms with Crippen molar-refractivity contribution in [2.75, 3.05) is 27.7 Å². The molecule has 0 aliphatic heterocycles. The summed E-state index contributed by atoms with van der Waals surface area (Å²) in [5.41, 5.74) is 0. The van der Waals surface area contributed by atoms with Gasteiger partial charge in [-0.05, 0) is 12.8 Å². The third kappa shape index (κ3) is 44.9. The van der Waals surface area contributed by atoms with Crippen molar-refractivity contribution in [1.29, 1.82) is 0 Å². The van der Waals surface area contributed by atoms with Crippen LogP contribution in [0.5, 0.6) is 0 Å². The smallest absolute Gasteiger partial charge is 0.0780 e. The van der Waals surface area contributed by atoms with Gasteiger partial charge >= 0.3 is 0 Å². The van der Waals surface area contributed by atoms with Crippen molar-refractivity contribution in [1.82, 2.24) is 6.15 Å². The molecule has 7 heteroatoms. The van der Waals surface area contributed by atoms with Crippen LogP contribution >= 0.6 is 0 Å². The van der Waals surface area contributed by atoms with Crippen LogP contribution in [0.4, 0.5) is 0 Å². The quantitative estimate of drug-likeness (QED) is 0.133. The van der Waals surface area contributed by atoms with E-state index in [1.54, 1.807) is 0 Å². The van der Waals surface area contributed by atoms with Gasteiger partial charge in [0.15, 0.2) is 0 Å². The minimum atomic E-state index is -5.17. The predicted octanol–water partition coefficient (Wildman–Crippen LogP) is 5.99. The molecule has 0 atom stereocenters. The Morgan fingerprint density at radius 1 is 0.571 bits per heavy atom. The van der Waals surface area contributed by atoms with Crippen molar-refractivity contribution in [2.45, 2.75) is 110 Å². The molecule has 0 spiro atoms. The highest BCUT2D eigenvalue weighted by Gasteiger charge is 2.04. The molecule has 0 aromatic carbocycles. The molecule has 0 aliphatic carbocycles. The van der Waals surface area contributed by atoms with Crippen molar-refractivity contribution in [2.24, 2.45) is 0 Å². The summed E-state index contributed by atoms with van der Waals surface area (Å²) in [6.45, 7) is 3.63. The van der Waals surface area contributed by atoms with Crippen LogP contribution in [0.15, 0.2) is 0 Å². The maximum Gasteiger partial charge on any atom is 0.0780 e. The molecule has 0 saturated carbocycles. The number of quaternary nitrogens is 2. The second kappa shape index (κ2) is 21.5. The van der Waals surface area contributed by atoms with Crippen LogP contribution in [0.1, 0.15) is 110 Å². The molecule has 0 rings (SSSR count). The lowest BCUT2D eigenvalue weighted by atomic mass is 10.0. The summed E-state index contributed by atoms with van der Waals surface area (Å²) in [5, 5.41) is 0. The summed E-state index contributed by atoms with van der Waals surface area (Å²) in [6.07, 6.45) is 23.4. The minimum Gasteiger partial charge on any atom is -0.759 e. The van der Waals surface area contributed by atoms with Gasteiger partial charge in [0.1, 0.15) is 0 Å². The molecule has 0 heterocycles. The zero-order valence-electron chi connectivity index (χ0n) is 19.5. The van der Waals surface area contributed by atoms with Gasteiger partial charge in [-0.3, -0.25) is 8.42 Å². The van der Waals surface area contributed by atoms with E-state index in [2.05, 4.69) is 28.1 Å². The van der Waals surface area contributed by atoms with E-state index in [0.29, 0.717) is 0 Å². The lowest BCUT2D eigenvalue weighted by Crippen LogP contribution is -2.35. The van der Waals surface area contributed by atoms with Crippen LogP contribution in [0, 0.1) is 0 Å². The first-order valence-electron chi connectivity index (χ1n) is 11.0. The van der Waals surface area contributed by atoms with Gasteiger partial charge < -0.3 is 19.7 Å². The fourth-order valence-corrected chi connectivity index (χ4v) is 3.13. The average molecular weight is 427 g/mol. The molecule has 0 aromatic rings. The van der Waals surface area contributed by atoms with Gasteiger partial charge in [-0.2, -0.15) is 0 Å². The minimum absolute atomic E-state index is 0. The summed E-state index contributed by atoms with van der Waals surface area (Å²) >= 11 is 0. The van der Waals surface area contributed by atoms with Crippen molar-refractivity contribution in [3.63, 3.8) is 0 Å². The van der Waals surface area contributed by atoms with Crippen LogP contribution in [0.25, 0.3) is 0 Å². The van der Waals surface area contributed by atoms with Gasteiger partial charge in [0.05, 0.1) is 27.7 Å². The van der Waals surface area contributed by atoms with E-state index in [1.807, 2.05) is 0 Å². The maximum atomic E-state index is 8.52. The number of unbranched alkanes of at least 4 members (excludes halogenated alkanes) is 15. The molecule has 174 valence electrons. The number of hydrogen-bond donors (Lipinski definition) is 1. The SMILES string of the molecule is CCCCCCCCCCCCCCCCCC[N+](C)(C)C.O=S(=O)([O-])[O-].[NH4+]. The molecular weight excluding hydrogens is 376 g/mol. The highest BCUT2D eigenvalue weighted by atomic mass is 32.3. The second-order valence-corrected chi connectivity index (χ2v) is 9.54. The molecule has 0 unspecified atom stereocenters. The van der Waals surface area contributed by atoms with Crippen LogP contribution in [0.3, 0.4) is 0 Å². The summed E-state index contributed by atoms with van der Waals surface area (Å²) in [6, 6.07) is 0. The van der Waals surface area contributed by atoms with Crippen molar-refractivity contribution in [3.05, 3.63) is 0 Å². The summed E-state index contributed by atoms with van der Waals surface area (Å²) in [5.74, 6) is 0. The first kappa shape index (κ1) is 32.5. The topological polar surface area (TPSA) is 117 Å². The van der Waals surface area contributed by atoms with Crippen molar-refractivity contribution < 1.29 is 22.0 Å². The standard InChI is InChI=1S/C21H46N.H3N.H2O4S/c1-5-6-7-8-9-10-11-12-13-14-15-16-17-18-19-20-21-22(2,3)4;;1-5(2,3)4/h5-21H2,1-4H3;1H3;(H2,1,2,3,4)/q+1;;/p-1. The molecule has 0 aliphatic rings. The van der Waals surface area contributed by atoms with Crippen LogP contribution in [-0.4, -0.2) is 49.7 Å². The summed E-state index contributed by atoms with van der Waals surface area (Å²) in [7, 11) is 1.72. The molecule has 4 N–H and O–H groups in total. The molecule has 6 nitrogen and oxygen atoms in total. The average Bonchev–Trinajstić information content (AvgIpc) is 2.52. The Labute approximate surface area is 176 Å². The van der Waals surface area contributed by atoms with Gasteiger partial charge in [-0.1, -0.05) is 96.8 Å². The van der Waals surface area contributed by atoms with Gasteiger partial charge in [0.2, 0.25) is 0 Å². The van der Waals surface area contributed by atoms with Crippen molar-refractivity contribution in [3.8, 4) is 0 Å². The molecule has 0 bridgehead atoms. The summed E-state index contributed by atoms with van der Waals surface area (Å²) < 4.78 is 35.2. The molecular formula is C21H50N2O4S. The highest BCUT2D eigenvalue weighted by molar-refractivity contribution is 7.79. The van der Waals surface area contributed by atoms with E-state index in [1.165, 1.54) is 109 Å². The lowest BCUT2D eigenvalue weighted by molar-refractivity contribution is -0.870. The van der Waals surface area contributed by atoms with E-state index < -0.39 is 10.4 Å². The zero-order valence-corrected chi connectivity index (χ0v) is 20.3. The van der Waals surface area contributed by atoms with Crippen LogP contribution in [0.2, 0.25) is 0 Å². The fourth-order valence-electron chi connectivity index (χ4n) is 3.13. The lowest BCUT2D eigenvalue weighted by Gasteiger charge is -2.23. The van der Waals surface area contributed by atoms with Gasteiger partial charge in [-0.15, -0.1) is 0 Å². The van der Waals surface area contributed by atoms with Crippen LogP contribution < -0.4 is 6.15 Å². The Bertz CT molecular complexity index is 388. The first-order chi connectivity index (χ1) is 12.6. The van der Waals surface area contributed by atoms with Gasteiger partial charge in [0, 0.05) is 10.4 Å². The highest BCUT2D eigenvalue weighted by Crippen LogP contribution is 2.13. The fraction of sp³-hybridized carbons (Fsp3) is 1.00. The number of rotatable bonds is 17. The Balaban J connectivity index is -0.000000918. The van der Waals surface area contributed by atoms with Crippen LogP contribution in [-0.2, 0) is 10.4 Å². The Morgan fingerprint density at radius 3 is 1.00 bits per heavy atom. The van der Waals surface area contributed by atoms with E-state index in [-0.39, 0.29) is 6.15 Å². The molecule has 0 aromatic heterocycles. The number of hydrogen-bond acceptors (Lipinski definition) is 4. The van der Waals surface area contributed by atoms with E-state index in [0.717, 1.165) is 4.48 Å². The Morgan fingerprint density at radius 2 is 0.786 bits per heavy atom. The second-order valence-electron chi connectivity index (χ2n) is 8.73. The van der Waals surface area contributed by atoms with E-state index in [9.17, 15) is 0 Å². The molecule has 28 heavy (non-hydrogen) atoms. The summed E-state index contributed by atoms with van der Waals surface area (Å²) in [4.78, 5) is 0. The van der Waals surface area contributed by atoms with E-state index >= 15 is 0 Å². The molecule has 0 saturated heterocycles. The van der Waals surface area contributed by atoms with Gasteiger partial charge in [-0.25, -0.2) is 0 Å². The predicted molar refractivity (Wildman–Crippen MR) is 119 cm³/mol. The number of nitrogens with zero attached hydrogens (tertiary/aromatic N) is 1. The van der Waals surface area contributed by atoms with Gasteiger partial charge in [0.25, 0.3) is 0 Å². The normalized spacial score (nSPS) is 11.5. The molecule has 0 amide bonds. The Kier molecular flexibility index (Phi) is 24.9. The monoisotopic (exact) mass is 426 g/mol. The van der Waals surface area contributed by atoms with E-state index in [4.69, 9.17) is 17.5 Å². The molecule has 0 fully saturated rings. The zero-order chi connectivity index (χ0) is 21.0. The third-order valence-corrected chi connectivity index (χ3v) is 4.68.